The summed E-state index contributed by atoms with van der Waals surface area (Å²) in [5.41, 5.74) is 0.556. The molecular formula is C12H18FNO. The minimum absolute atomic E-state index is 0.0473. The van der Waals surface area contributed by atoms with Crippen molar-refractivity contribution in [2.24, 2.45) is 0 Å². The molecule has 1 rings (SSSR count). The van der Waals surface area contributed by atoms with Crippen molar-refractivity contribution in [1.29, 1.82) is 0 Å². The molecule has 0 saturated carbocycles. The molecule has 1 aromatic rings. The monoisotopic (exact) mass is 211 g/mol. The Balaban J connectivity index is 2.58. The van der Waals surface area contributed by atoms with Crippen molar-refractivity contribution >= 4 is 0 Å². The molecule has 0 radical (unpaired) electrons. The molecule has 84 valence electrons. The topological polar surface area (TPSA) is 32.3 Å². The van der Waals surface area contributed by atoms with Gasteiger partial charge < -0.3 is 10.4 Å². The highest BCUT2D eigenvalue weighted by molar-refractivity contribution is 5.19. The lowest BCUT2D eigenvalue weighted by Gasteiger charge is -2.23. The van der Waals surface area contributed by atoms with Gasteiger partial charge in [0.2, 0.25) is 0 Å². The third-order valence-corrected chi connectivity index (χ3v) is 2.06. The normalized spacial score (nSPS) is 13.9. The van der Waals surface area contributed by atoms with E-state index in [4.69, 9.17) is 0 Å². The third kappa shape index (κ3) is 4.40. The van der Waals surface area contributed by atoms with Crippen molar-refractivity contribution in [1.82, 2.24) is 5.32 Å². The second-order valence-corrected chi connectivity index (χ2v) is 4.70. The number of nitrogens with one attached hydrogen (secondary N) is 1. The molecule has 0 aromatic heterocycles. The SMILES string of the molecule is CC(C)(C)NC[C@H](O)c1cccc(F)c1. The molecule has 15 heavy (non-hydrogen) atoms. The highest BCUT2D eigenvalue weighted by Gasteiger charge is 2.13. The van der Waals surface area contributed by atoms with Gasteiger partial charge in [-0.2, -0.15) is 0 Å². The van der Waals surface area contributed by atoms with E-state index in [1.54, 1.807) is 12.1 Å². The fourth-order valence-corrected chi connectivity index (χ4v) is 1.23. The smallest absolute Gasteiger partial charge is 0.123 e. The van der Waals surface area contributed by atoms with E-state index < -0.39 is 6.10 Å². The first-order valence-corrected chi connectivity index (χ1v) is 5.07. The highest BCUT2D eigenvalue weighted by Crippen LogP contribution is 2.14. The highest BCUT2D eigenvalue weighted by atomic mass is 19.1. The van der Waals surface area contributed by atoms with Crippen molar-refractivity contribution in [2.45, 2.75) is 32.4 Å². The van der Waals surface area contributed by atoms with Crippen LogP contribution in [0.3, 0.4) is 0 Å². The number of hydrogen-bond acceptors (Lipinski definition) is 2. The Labute approximate surface area is 90.1 Å². The Hall–Kier alpha value is -0.930. The standard InChI is InChI=1S/C12H18FNO/c1-12(2,3)14-8-11(15)9-5-4-6-10(13)7-9/h4-7,11,14-15H,8H2,1-3H3/t11-/m0/s1. The summed E-state index contributed by atoms with van der Waals surface area (Å²) in [6, 6.07) is 6.05. The predicted octanol–water partition coefficient (Wildman–Crippen LogP) is 2.25. The minimum Gasteiger partial charge on any atom is -0.387 e. The van der Waals surface area contributed by atoms with Gasteiger partial charge in [0.05, 0.1) is 6.10 Å². The fraction of sp³-hybridized carbons (Fsp3) is 0.500. The number of hydrogen-bond donors (Lipinski definition) is 2. The molecular weight excluding hydrogens is 193 g/mol. The van der Waals surface area contributed by atoms with E-state index in [1.165, 1.54) is 12.1 Å². The molecule has 3 heteroatoms. The quantitative estimate of drug-likeness (QED) is 0.803. The van der Waals surface area contributed by atoms with Crippen LogP contribution in [-0.2, 0) is 0 Å². The summed E-state index contributed by atoms with van der Waals surface area (Å²) in [5, 5.41) is 12.9. The summed E-state index contributed by atoms with van der Waals surface area (Å²) >= 11 is 0. The maximum Gasteiger partial charge on any atom is 0.123 e. The molecule has 1 aromatic carbocycles. The maximum absolute atomic E-state index is 12.9. The molecule has 0 aliphatic carbocycles. The molecule has 1 atom stereocenters. The molecule has 0 amide bonds. The molecule has 0 fully saturated rings. The van der Waals surface area contributed by atoms with Gasteiger partial charge in [0, 0.05) is 12.1 Å². The molecule has 0 unspecified atom stereocenters. The van der Waals surface area contributed by atoms with Gasteiger partial charge >= 0.3 is 0 Å². The summed E-state index contributed by atoms with van der Waals surface area (Å²) in [7, 11) is 0. The number of β-amino-alcohol motifs (C(OH)–C–C–N with tert-alkyl or cyclic N) is 1. The second-order valence-electron chi connectivity index (χ2n) is 4.70. The fourth-order valence-electron chi connectivity index (χ4n) is 1.23. The zero-order chi connectivity index (χ0) is 11.5. The van der Waals surface area contributed by atoms with Crippen LogP contribution in [0.5, 0.6) is 0 Å². The summed E-state index contributed by atoms with van der Waals surface area (Å²) in [6.07, 6.45) is -0.667. The Morgan fingerprint density at radius 1 is 1.40 bits per heavy atom. The van der Waals surface area contributed by atoms with Crippen LogP contribution in [-0.4, -0.2) is 17.2 Å². The lowest BCUT2D eigenvalue weighted by Crippen LogP contribution is -2.38. The first kappa shape index (κ1) is 12.1. The van der Waals surface area contributed by atoms with E-state index >= 15 is 0 Å². The molecule has 2 N–H and O–H groups in total. The van der Waals surface area contributed by atoms with E-state index in [0.29, 0.717) is 12.1 Å². The zero-order valence-corrected chi connectivity index (χ0v) is 9.42. The maximum atomic E-state index is 12.9. The van der Waals surface area contributed by atoms with Crippen molar-refractivity contribution < 1.29 is 9.50 Å². The van der Waals surface area contributed by atoms with E-state index in [9.17, 15) is 9.50 Å². The summed E-state index contributed by atoms with van der Waals surface area (Å²) in [4.78, 5) is 0. The van der Waals surface area contributed by atoms with E-state index in [1.807, 2.05) is 20.8 Å². The number of aliphatic hydroxyl groups is 1. The number of halogens is 1. The summed E-state index contributed by atoms with van der Waals surface area (Å²) < 4.78 is 12.9. The average molecular weight is 211 g/mol. The van der Waals surface area contributed by atoms with Crippen LogP contribution in [0.15, 0.2) is 24.3 Å². The van der Waals surface area contributed by atoms with Crippen molar-refractivity contribution in [2.75, 3.05) is 6.54 Å². The number of rotatable bonds is 3. The molecule has 0 saturated heterocycles. The summed E-state index contributed by atoms with van der Waals surface area (Å²) in [5.74, 6) is -0.317. The number of aliphatic hydroxyl groups excluding tert-OH is 1. The predicted molar refractivity (Wildman–Crippen MR) is 59.1 cm³/mol. The molecule has 2 nitrogen and oxygen atoms in total. The van der Waals surface area contributed by atoms with Crippen LogP contribution in [0.25, 0.3) is 0 Å². The second kappa shape index (κ2) is 4.73. The molecule has 0 aliphatic rings. The van der Waals surface area contributed by atoms with Gasteiger partial charge in [0.15, 0.2) is 0 Å². The Bertz CT molecular complexity index is 320. The van der Waals surface area contributed by atoms with Gasteiger partial charge in [0.1, 0.15) is 5.82 Å². The van der Waals surface area contributed by atoms with Crippen molar-refractivity contribution in [3.63, 3.8) is 0 Å². The van der Waals surface area contributed by atoms with Gasteiger partial charge in [-0.05, 0) is 38.5 Å². The van der Waals surface area contributed by atoms with Crippen LogP contribution in [0.2, 0.25) is 0 Å². The lowest BCUT2D eigenvalue weighted by atomic mass is 10.1. The van der Waals surface area contributed by atoms with Crippen LogP contribution < -0.4 is 5.32 Å². The van der Waals surface area contributed by atoms with Gasteiger partial charge in [-0.3, -0.25) is 0 Å². The Kier molecular flexibility index (Phi) is 3.83. The van der Waals surface area contributed by atoms with E-state index in [-0.39, 0.29) is 11.4 Å². The van der Waals surface area contributed by atoms with Gasteiger partial charge in [0.25, 0.3) is 0 Å². The summed E-state index contributed by atoms with van der Waals surface area (Å²) in [6.45, 7) is 6.48. The van der Waals surface area contributed by atoms with E-state index in [0.717, 1.165) is 0 Å². The molecule has 0 aliphatic heterocycles. The third-order valence-electron chi connectivity index (χ3n) is 2.06. The van der Waals surface area contributed by atoms with Crippen LogP contribution >= 0.6 is 0 Å². The van der Waals surface area contributed by atoms with Gasteiger partial charge in [-0.1, -0.05) is 12.1 Å². The Morgan fingerprint density at radius 2 is 2.07 bits per heavy atom. The first-order valence-electron chi connectivity index (χ1n) is 5.07. The van der Waals surface area contributed by atoms with Crippen LogP contribution in [0.1, 0.15) is 32.4 Å². The van der Waals surface area contributed by atoms with Crippen molar-refractivity contribution in [3.05, 3.63) is 35.6 Å². The largest absolute Gasteiger partial charge is 0.387 e. The number of benzene rings is 1. The van der Waals surface area contributed by atoms with E-state index in [2.05, 4.69) is 5.32 Å². The first-order chi connectivity index (χ1) is 6.88. The van der Waals surface area contributed by atoms with Crippen LogP contribution in [0, 0.1) is 5.82 Å². The molecule has 0 bridgehead atoms. The zero-order valence-electron chi connectivity index (χ0n) is 9.42. The minimum atomic E-state index is -0.667. The Morgan fingerprint density at radius 3 is 2.60 bits per heavy atom. The van der Waals surface area contributed by atoms with Crippen LogP contribution in [0.4, 0.5) is 4.39 Å². The molecule has 0 spiro atoms. The van der Waals surface area contributed by atoms with Crippen molar-refractivity contribution in [3.8, 4) is 0 Å². The van der Waals surface area contributed by atoms with Gasteiger partial charge in [-0.25, -0.2) is 4.39 Å². The average Bonchev–Trinajstić information content (AvgIpc) is 2.13. The van der Waals surface area contributed by atoms with Gasteiger partial charge in [-0.15, -0.1) is 0 Å². The molecule has 0 heterocycles. The lowest BCUT2D eigenvalue weighted by molar-refractivity contribution is 0.163.